The van der Waals surface area contributed by atoms with Crippen molar-refractivity contribution in [2.24, 2.45) is 0 Å². The molecule has 0 aliphatic heterocycles. The summed E-state index contributed by atoms with van der Waals surface area (Å²) in [6.07, 6.45) is 0. The van der Waals surface area contributed by atoms with E-state index < -0.39 is 0 Å². The second-order valence-corrected chi connectivity index (χ2v) is 6.14. The Balaban J connectivity index is 1.88. The van der Waals surface area contributed by atoms with E-state index in [1.54, 1.807) is 0 Å². The van der Waals surface area contributed by atoms with Crippen molar-refractivity contribution in [3.05, 3.63) is 71.3 Å². The minimum absolute atomic E-state index is 0.119. The highest BCUT2D eigenvalue weighted by Gasteiger charge is 2.11. The molecule has 0 aromatic heterocycles. The Morgan fingerprint density at radius 3 is 1.95 bits per heavy atom. The molecule has 3 heteroatoms. The summed E-state index contributed by atoms with van der Waals surface area (Å²) in [6.45, 7) is 5.53. The van der Waals surface area contributed by atoms with Gasteiger partial charge in [-0.15, -0.1) is 0 Å². The SMILES string of the molecule is CCN(CC)C(=O)c1ccc(CSCc2ccccc2)cc1. The third kappa shape index (κ3) is 4.63. The molecule has 2 nitrogen and oxygen atoms in total. The predicted octanol–water partition coefficient (Wildman–Crippen LogP) is 4.60. The van der Waals surface area contributed by atoms with Crippen molar-refractivity contribution in [2.45, 2.75) is 25.4 Å². The van der Waals surface area contributed by atoms with Crippen LogP contribution >= 0.6 is 11.8 Å². The van der Waals surface area contributed by atoms with Crippen molar-refractivity contribution in [2.75, 3.05) is 13.1 Å². The molecule has 1 amide bonds. The highest BCUT2D eigenvalue weighted by Crippen LogP contribution is 2.18. The summed E-state index contributed by atoms with van der Waals surface area (Å²) in [5.41, 5.74) is 3.39. The van der Waals surface area contributed by atoms with E-state index in [1.807, 2.05) is 48.7 Å². The standard InChI is InChI=1S/C19H23NOS/c1-3-20(4-2)19(21)18-12-10-17(11-13-18)15-22-14-16-8-6-5-7-9-16/h5-13H,3-4,14-15H2,1-2H3. The topological polar surface area (TPSA) is 20.3 Å². The van der Waals surface area contributed by atoms with Gasteiger partial charge in [0.1, 0.15) is 0 Å². The average Bonchev–Trinajstić information content (AvgIpc) is 2.57. The van der Waals surface area contributed by atoms with E-state index in [0.717, 1.165) is 30.2 Å². The van der Waals surface area contributed by atoms with Crippen LogP contribution < -0.4 is 0 Å². The van der Waals surface area contributed by atoms with Crippen molar-refractivity contribution in [1.29, 1.82) is 0 Å². The Morgan fingerprint density at radius 1 is 0.864 bits per heavy atom. The summed E-state index contributed by atoms with van der Waals surface area (Å²) in [5.74, 6) is 2.10. The van der Waals surface area contributed by atoms with Gasteiger partial charge in [-0.2, -0.15) is 11.8 Å². The summed E-state index contributed by atoms with van der Waals surface area (Å²) in [4.78, 5) is 14.1. The highest BCUT2D eigenvalue weighted by atomic mass is 32.2. The van der Waals surface area contributed by atoms with E-state index in [0.29, 0.717) is 0 Å². The lowest BCUT2D eigenvalue weighted by Crippen LogP contribution is -2.30. The molecule has 0 saturated heterocycles. The van der Waals surface area contributed by atoms with Crippen LogP contribution in [0.2, 0.25) is 0 Å². The van der Waals surface area contributed by atoms with E-state index in [9.17, 15) is 4.79 Å². The van der Waals surface area contributed by atoms with E-state index in [-0.39, 0.29) is 5.91 Å². The zero-order chi connectivity index (χ0) is 15.8. The summed E-state index contributed by atoms with van der Waals surface area (Å²) >= 11 is 1.89. The van der Waals surface area contributed by atoms with Gasteiger partial charge in [0.15, 0.2) is 0 Å². The van der Waals surface area contributed by atoms with Crippen LogP contribution in [0.1, 0.15) is 35.3 Å². The number of hydrogen-bond acceptors (Lipinski definition) is 2. The molecule has 22 heavy (non-hydrogen) atoms. The number of hydrogen-bond donors (Lipinski definition) is 0. The fourth-order valence-corrected chi connectivity index (χ4v) is 3.26. The summed E-state index contributed by atoms with van der Waals surface area (Å²) in [7, 11) is 0. The van der Waals surface area contributed by atoms with Gasteiger partial charge in [-0.3, -0.25) is 4.79 Å². The maximum atomic E-state index is 12.2. The van der Waals surface area contributed by atoms with Gasteiger partial charge >= 0.3 is 0 Å². The minimum atomic E-state index is 0.119. The molecule has 0 bridgehead atoms. The fourth-order valence-electron chi connectivity index (χ4n) is 2.30. The van der Waals surface area contributed by atoms with Crippen molar-refractivity contribution < 1.29 is 4.79 Å². The van der Waals surface area contributed by atoms with Gasteiger partial charge in [-0.1, -0.05) is 42.5 Å². The van der Waals surface area contributed by atoms with Crippen LogP contribution in [0.5, 0.6) is 0 Å². The number of carbonyl (C=O) groups excluding carboxylic acids is 1. The molecule has 0 N–H and O–H groups in total. The second kappa shape index (κ2) is 8.64. The molecule has 2 aromatic carbocycles. The van der Waals surface area contributed by atoms with Crippen molar-refractivity contribution >= 4 is 17.7 Å². The zero-order valence-electron chi connectivity index (χ0n) is 13.3. The van der Waals surface area contributed by atoms with Crippen LogP contribution in [-0.2, 0) is 11.5 Å². The zero-order valence-corrected chi connectivity index (χ0v) is 14.1. The van der Waals surface area contributed by atoms with Gasteiger partial charge in [0.05, 0.1) is 0 Å². The molecule has 0 radical (unpaired) electrons. The van der Waals surface area contributed by atoms with Crippen LogP contribution in [-0.4, -0.2) is 23.9 Å². The molecule has 0 heterocycles. The van der Waals surface area contributed by atoms with Crippen LogP contribution in [0.3, 0.4) is 0 Å². The first-order valence-corrected chi connectivity index (χ1v) is 8.90. The molecule has 2 aromatic rings. The third-order valence-electron chi connectivity index (χ3n) is 3.63. The van der Waals surface area contributed by atoms with E-state index in [4.69, 9.17) is 0 Å². The molecule has 0 saturated carbocycles. The fraction of sp³-hybridized carbons (Fsp3) is 0.316. The molecule has 0 fully saturated rings. The predicted molar refractivity (Wildman–Crippen MR) is 95.1 cm³/mol. The van der Waals surface area contributed by atoms with E-state index in [1.165, 1.54) is 11.1 Å². The van der Waals surface area contributed by atoms with Crippen LogP contribution in [0.25, 0.3) is 0 Å². The van der Waals surface area contributed by atoms with E-state index >= 15 is 0 Å². The van der Waals surface area contributed by atoms with Gasteiger partial charge < -0.3 is 4.90 Å². The Hall–Kier alpha value is -1.74. The van der Waals surface area contributed by atoms with Crippen LogP contribution in [0.15, 0.2) is 54.6 Å². The Bertz CT molecular complexity index is 576. The third-order valence-corrected chi connectivity index (χ3v) is 4.71. The lowest BCUT2D eigenvalue weighted by molar-refractivity contribution is 0.0773. The lowest BCUT2D eigenvalue weighted by Gasteiger charge is -2.18. The number of thioether (sulfide) groups is 1. The molecule has 0 atom stereocenters. The van der Waals surface area contributed by atoms with Crippen LogP contribution in [0.4, 0.5) is 0 Å². The number of nitrogens with zero attached hydrogens (tertiary/aromatic N) is 1. The van der Waals surface area contributed by atoms with Gasteiger partial charge in [0.2, 0.25) is 0 Å². The molecule has 0 aliphatic rings. The average molecular weight is 313 g/mol. The molecule has 2 rings (SSSR count). The van der Waals surface area contributed by atoms with Gasteiger partial charge in [-0.25, -0.2) is 0 Å². The summed E-state index contributed by atoms with van der Waals surface area (Å²) in [5, 5.41) is 0. The van der Waals surface area contributed by atoms with Crippen LogP contribution in [0, 0.1) is 0 Å². The highest BCUT2D eigenvalue weighted by molar-refractivity contribution is 7.97. The number of amides is 1. The lowest BCUT2D eigenvalue weighted by atomic mass is 10.1. The molecule has 116 valence electrons. The summed E-state index contributed by atoms with van der Waals surface area (Å²) < 4.78 is 0. The quantitative estimate of drug-likeness (QED) is 0.744. The maximum absolute atomic E-state index is 12.2. The molecular formula is C19H23NOS. The Morgan fingerprint density at radius 2 is 1.41 bits per heavy atom. The second-order valence-electron chi connectivity index (χ2n) is 5.15. The number of carbonyl (C=O) groups is 1. The van der Waals surface area contributed by atoms with Gasteiger partial charge in [0.25, 0.3) is 5.91 Å². The maximum Gasteiger partial charge on any atom is 0.253 e. The molecular weight excluding hydrogens is 290 g/mol. The van der Waals surface area contributed by atoms with Crippen molar-refractivity contribution in [3.63, 3.8) is 0 Å². The summed E-state index contributed by atoms with van der Waals surface area (Å²) in [6, 6.07) is 18.5. The first kappa shape index (κ1) is 16.6. The van der Waals surface area contributed by atoms with E-state index in [2.05, 4.69) is 36.4 Å². The van der Waals surface area contributed by atoms with Crippen molar-refractivity contribution in [1.82, 2.24) is 4.90 Å². The first-order chi connectivity index (χ1) is 10.7. The van der Waals surface area contributed by atoms with Crippen molar-refractivity contribution in [3.8, 4) is 0 Å². The normalized spacial score (nSPS) is 10.5. The number of rotatable bonds is 7. The van der Waals surface area contributed by atoms with Gasteiger partial charge in [0, 0.05) is 30.2 Å². The smallest absolute Gasteiger partial charge is 0.253 e. The largest absolute Gasteiger partial charge is 0.339 e. The minimum Gasteiger partial charge on any atom is -0.339 e. The number of benzene rings is 2. The first-order valence-electron chi connectivity index (χ1n) is 7.74. The monoisotopic (exact) mass is 313 g/mol. The van der Waals surface area contributed by atoms with Gasteiger partial charge in [-0.05, 0) is 37.1 Å². The molecule has 0 spiro atoms. The Labute approximate surface area is 137 Å². The Kier molecular flexibility index (Phi) is 6.53. The molecule has 0 unspecified atom stereocenters. The molecule has 0 aliphatic carbocycles.